The second-order valence-corrected chi connectivity index (χ2v) is 9.11. The summed E-state index contributed by atoms with van der Waals surface area (Å²) in [7, 11) is 0. The Morgan fingerprint density at radius 2 is 1.69 bits per heavy atom. The van der Waals surface area contributed by atoms with Gasteiger partial charge < -0.3 is 14.8 Å². The topological polar surface area (TPSA) is 40.5 Å². The normalized spacial score (nSPS) is 24.9. The van der Waals surface area contributed by atoms with Gasteiger partial charge in [0.2, 0.25) is 0 Å². The largest absolute Gasteiger partial charge is 0.348 e. The molecule has 1 aromatic heterocycles. The number of hydrogen-bond donors (Lipinski definition) is 1. The van der Waals surface area contributed by atoms with Gasteiger partial charge in [0.15, 0.2) is 0 Å². The van der Waals surface area contributed by atoms with Gasteiger partial charge in [-0.2, -0.15) is 0 Å². The number of nitrogens with one attached hydrogen (secondary N) is 1. The van der Waals surface area contributed by atoms with E-state index in [1.165, 1.54) is 30.8 Å². The van der Waals surface area contributed by atoms with Crippen molar-refractivity contribution in [2.24, 2.45) is 11.8 Å². The Balaban J connectivity index is 1.29. The highest BCUT2D eigenvalue weighted by Gasteiger charge is 2.27. The van der Waals surface area contributed by atoms with Gasteiger partial charge in [-0.05, 0) is 48.4 Å². The van der Waals surface area contributed by atoms with Crippen LogP contribution in [0.3, 0.4) is 0 Å². The Hall–Kier alpha value is -2.27. The molecule has 29 heavy (non-hydrogen) atoms. The minimum absolute atomic E-state index is 0.0188. The fourth-order valence-corrected chi connectivity index (χ4v) is 5.08. The van der Waals surface area contributed by atoms with E-state index >= 15 is 0 Å². The number of hydrogen-bond acceptors (Lipinski definition) is 2. The lowest BCUT2D eigenvalue weighted by molar-refractivity contribution is 0.134. The van der Waals surface area contributed by atoms with Crippen LogP contribution in [0.1, 0.15) is 50.1 Å². The molecule has 5 nitrogen and oxygen atoms in total. The van der Waals surface area contributed by atoms with Crippen molar-refractivity contribution in [2.75, 3.05) is 19.6 Å². The minimum Gasteiger partial charge on any atom is -0.348 e. The van der Waals surface area contributed by atoms with Crippen LogP contribution in [0.15, 0.2) is 42.6 Å². The Morgan fingerprint density at radius 3 is 2.41 bits per heavy atom. The summed E-state index contributed by atoms with van der Waals surface area (Å²) in [6.07, 6.45) is 3.43. The molecule has 1 saturated heterocycles. The minimum atomic E-state index is 0.0188. The van der Waals surface area contributed by atoms with Gasteiger partial charge in [0.1, 0.15) is 0 Å². The van der Waals surface area contributed by atoms with Crippen LogP contribution >= 0.6 is 0 Å². The highest BCUT2D eigenvalue weighted by Crippen LogP contribution is 2.25. The zero-order valence-corrected chi connectivity index (χ0v) is 18.0. The molecule has 2 aliphatic rings. The maximum atomic E-state index is 12.7. The average molecular weight is 395 g/mol. The summed E-state index contributed by atoms with van der Waals surface area (Å²) in [6.45, 7) is 12.4. The number of piperidine rings is 1. The van der Waals surface area contributed by atoms with Crippen molar-refractivity contribution in [3.63, 3.8) is 0 Å². The highest BCUT2D eigenvalue weighted by molar-refractivity contribution is 5.74. The molecular weight excluding hydrogens is 360 g/mol. The first-order valence-electron chi connectivity index (χ1n) is 11.0. The number of nitrogens with zero attached hydrogens (tertiary/aromatic N) is 3. The van der Waals surface area contributed by atoms with Crippen molar-refractivity contribution in [1.29, 1.82) is 0 Å². The maximum absolute atomic E-state index is 12.7. The van der Waals surface area contributed by atoms with Gasteiger partial charge in [-0.1, -0.05) is 38.1 Å². The second kappa shape index (κ2) is 8.62. The number of amides is 2. The van der Waals surface area contributed by atoms with E-state index in [1.807, 2.05) is 4.90 Å². The number of benzene rings is 1. The molecule has 0 radical (unpaired) electrons. The summed E-state index contributed by atoms with van der Waals surface area (Å²) in [5, 5.41) is 3.10. The third-order valence-corrected chi connectivity index (χ3v) is 6.42. The molecule has 0 spiro atoms. The van der Waals surface area contributed by atoms with E-state index in [0.717, 1.165) is 37.0 Å². The van der Waals surface area contributed by atoms with Crippen LogP contribution in [0.25, 0.3) is 0 Å². The Labute approximate surface area is 174 Å². The van der Waals surface area contributed by atoms with Crippen LogP contribution in [0.5, 0.6) is 0 Å². The first kappa shape index (κ1) is 20.0. The first-order valence-corrected chi connectivity index (χ1v) is 11.0. The van der Waals surface area contributed by atoms with Crippen molar-refractivity contribution in [3.8, 4) is 0 Å². The van der Waals surface area contributed by atoms with Crippen molar-refractivity contribution >= 4 is 6.03 Å². The van der Waals surface area contributed by atoms with Crippen molar-refractivity contribution in [3.05, 3.63) is 59.4 Å². The van der Waals surface area contributed by atoms with E-state index in [1.54, 1.807) is 0 Å². The van der Waals surface area contributed by atoms with Crippen LogP contribution in [0, 0.1) is 11.8 Å². The van der Waals surface area contributed by atoms with E-state index in [4.69, 9.17) is 0 Å². The van der Waals surface area contributed by atoms with E-state index in [-0.39, 0.29) is 12.1 Å². The summed E-state index contributed by atoms with van der Waals surface area (Å²) in [5.74, 6) is 1.57. The number of carbonyl (C=O) groups is 1. The second-order valence-electron chi connectivity index (χ2n) is 9.11. The average Bonchev–Trinajstić information content (AvgIpc) is 3.16. The summed E-state index contributed by atoms with van der Waals surface area (Å²) in [6, 6.07) is 13.0. The fourth-order valence-electron chi connectivity index (χ4n) is 5.08. The van der Waals surface area contributed by atoms with Gasteiger partial charge in [0.05, 0.1) is 6.04 Å². The number of aromatic nitrogens is 1. The predicted molar refractivity (Wildman–Crippen MR) is 116 cm³/mol. The molecule has 1 aromatic carbocycles. The molecule has 4 rings (SSSR count). The van der Waals surface area contributed by atoms with Crippen LogP contribution in [-0.2, 0) is 19.6 Å². The third-order valence-electron chi connectivity index (χ3n) is 6.42. The van der Waals surface area contributed by atoms with E-state index < -0.39 is 0 Å². The smallest absolute Gasteiger partial charge is 0.318 e. The molecule has 2 amide bonds. The fraction of sp³-hybridized carbons (Fsp3) is 0.542. The van der Waals surface area contributed by atoms with E-state index in [9.17, 15) is 4.79 Å². The first-order chi connectivity index (χ1) is 14.0. The van der Waals surface area contributed by atoms with Gasteiger partial charge >= 0.3 is 6.03 Å². The monoisotopic (exact) mass is 394 g/mol. The zero-order chi connectivity index (χ0) is 20.4. The molecule has 0 aliphatic carbocycles. The van der Waals surface area contributed by atoms with Gasteiger partial charge in [-0.15, -0.1) is 0 Å². The summed E-state index contributed by atoms with van der Waals surface area (Å²) < 4.78 is 2.23. The maximum Gasteiger partial charge on any atom is 0.318 e. The molecule has 1 N–H and O–H groups in total. The van der Waals surface area contributed by atoms with Crippen LogP contribution in [0.4, 0.5) is 4.79 Å². The van der Waals surface area contributed by atoms with Crippen molar-refractivity contribution in [1.82, 2.24) is 19.7 Å². The number of fused-ring (bicyclic) bond motifs is 1. The molecule has 1 fully saturated rings. The number of carbonyl (C=O) groups excluding carboxylic acids is 1. The third kappa shape index (κ3) is 4.67. The molecule has 5 heteroatoms. The van der Waals surface area contributed by atoms with Crippen LogP contribution < -0.4 is 5.32 Å². The summed E-state index contributed by atoms with van der Waals surface area (Å²) in [5.41, 5.74) is 3.71. The Kier molecular flexibility index (Phi) is 5.95. The molecule has 3 heterocycles. The quantitative estimate of drug-likeness (QED) is 0.842. The molecule has 156 valence electrons. The predicted octanol–water partition coefficient (Wildman–Crippen LogP) is 4.25. The standard InChI is InChI=1S/C24H34N4O/c1-18-13-19(2)16-26(15-18)17-22-8-6-21(7-9-22)14-25-24(29)28-12-11-27-10-4-5-23(27)20(28)3/h4-10,18-20H,11-17H2,1-3H3,(H,25,29). The molecule has 2 aliphatic heterocycles. The summed E-state index contributed by atoms with van der Waals surface area (Å²) >= 11 is 0. The van der Waals surface area contributed by atoms with Gasteiger partial charge in [0.25, 0.3) is 0 Å². The molecular formula is C24H34N4O. The zero-order valence-electron chi connectivity index (χ0n) is 18.0. The Morgan fingerprint density at radius 1 is 1.00 bits per heavy atom. The summed E-state index contributed by atoms with van der Waals surface area (Å²) in [4.78, 5) is 17.2. The van der Waals surface area contributed by atoms with E-state index in [2.05, 4.69) is 78.2 Å². The SMILES string of the molecule is CC1CC(C)CN(Cc2ccc(CNC(=O)N3CCn4cccc4C3C)cc2)C1. The lowest BCUT2D eigenvalue weighted by atomic mass is 9.91. The molecule has 2 aromatic rings. The molecule has 0 bridgehead atoms. The van der Waals surface area contributed by atoms with Crippen molar-refractivity contribution < 1.29 is 4.79 Å². The molecule has 3 unspecified atom stereocenters. The van der Waals surface area contributed by atoms with Crippen molar-refractivity contribution in [2.45, 2.75) is 52.9 Å². The Bertz CT molecular complexity index is 818. The van der Waals surface area contributed by atoms with Crippen LogP contribution in [0.2, 0.25) is 0 Å². The molecule has 0 saturated carbocycles. The number of likely N-dealkylation sites (tertiary alicyclic amines) is 1. The van der Waals surface area contributed by atoms with Gasteiger partial charge in [-0.3, -0.25) is 4.90 Å². The lowest BCUT2D eigenvalue weighted by Crippen LogP contribution is -2.45. The van der Waals surface area contributed by atoms with Gasteiger partial charge in [-0.25, -0.2) is 4.79 Å². The van der Waals surface area contributed by atoms with Gasteiger partial charge in [0, 0.05) is 51.2 Å². The number of urea groups is 1. The van der Waals surface area contributed by atoms with E-state index in [0.29, 0.717) is 6.54 Å². The highest BCUT2D eigenvalue weighted by atomic mass is 16.2. The van der Waals surface area contributed by atoms with Crippen LogP contribution in [-0.4, -0.2) is 40.0 Å². The lowest BCUT2D eigenvalue weighted by Gasteiger charge is -2.35. The molecule has 3 atom stereocenters. The number of rotatable bonds is 4.